The standard InChI is InChI=1S/C15H21N3O3S/c1-11(2)7-6-9-16-14(19)13-12-8-4-5-10-18(12)15(17-13)22(3,20)21/h4-5,8,10-11H,6-7,9H2,1-3H3,(H,16,19). The average molecular weight is 323 g/mol. The summed E-state index contributed by atoms with van der Waals surface area (Å²) < 4.78 is 25.0. The molecule has 7 heteroatoms. The Kier molecular flexibility index (Phi) is 4.85. The third-order valence-electron chi connectivity index (χ3n) is 3.31. The number of nitrogens with one attached hydrogen (secondary N) is 1. The molecule has 0 aliphatic heterocycles. The molecule has 0 saturated heterocycles. The summed E-state index contributed by atoms with van der Waals surface area (Å²) in [6, 6.07) is 5.14. The van der Waals surface area contributed by atoms with Gasteiger partial charge in [-0.25, -0.2) is 13.4 Å². The molecule has 0 fully saturated rings. The molecule has 0 unspecified atom stereocenters. The second-order valence-corrected chi connectivity index (χ2v) is 7.67. The van der Waals surface area contributed by atoms with E-state index in [0.717, 1.165) is 19.1 Å². The van der Waals surface area contributed by atoms with Crippen LogP contribution in [0.5, 0.6) is 0 Å². The van der Waals surface area contributed by atoms with Crippen LogP contribution in [0.15, 0.2) is 29.6 Å². The van der Waals surface area contributed by atoms with E-state index in [1.54, 1.807) is 24.4 Å². The lowest BCUT2D eigenvalue weighted by Crippen LogP contribution is -2.25. The Hall–Kier alpha value is -1.89. The van der Waals surface area contributed by atoms with Crippen molar-refractivity contribution >= 4 is 21.3 Å². The Morgan fingerprint density at radius 3 is 2.73 bits per heavy atom. The van der Waals surface area contributed by atoms with E-state index in [0.29, 0.717) is 18.0 Å². The molecule has 2 aromatic rings. The molecule has 2 rings (SSSR count). The summed E-state index contributed by atoms with van der Waals surface area (Å²) in [5.74, 6) is 0.240. The number of hydrogen-bond donors (Lipinski definition) is 1. The Balaban J connectivity index is 2.26. The molecule has 22 heavy (non-hydrogen) atoms. The molecular formula is C15H21N3O3S. The fourth-order valence-electron chi connectivity index (χ4n) is 2.23. The summed E-state index contributed by atoms with van der Waals surface area (Å²) in [6.45, 7) is 4.81. The van der Waals surface area contributed by atoms with Crippen LogP contribution >= 0.6 is 0 Å². The van der Waals surface area contributed by atoms with E-state index in [1.165, 1.54) is 4.40 Å². The molecule has 120 valence electrons. The van der Waals surface area contributed by atoms with E-state index >= 15 is 0 Å². The lowest BCUT2D eigenvalue weighted by Gasteiger charge is -2.05. The van der Waals surface area contributed by atoms with Crippen molar-refractivity contribution in [1.29, 1.82) is 0 Å². The van der Waals surface area contributed by atoms with Gasteiger partial charge in [0.1, 0.15) is 0 Å². The van der Waals surface area contributed by atoms with Gasteiger partial charge in [0, 0.05) is 19.0 Å². The summed E-state index contributed by atoms with van der Waals surface area (Å²) in [6.07, 6.45) is 4.58. The second kappa shape index (κ2) is 6.48. The van der Waals surface area contributed by atoms with Gasteiger partial charge in [-0.15, -0.1) is 0 Å². The first-order chi connectivity index (χ1) is 10.3. The summed E-state index contributed by atoms with van der Waals surface area (Å²) in [4.78, 5) is 16.3. The van der Waals surface area contributed by atoms with E-state index in [4.69, 9.17) is 0 Å². The summed E-state index contributed by atoms with van der Waals surface area (Å²) in [7, 11) is -3.51. The highest BCUT2D eigenvalue weighted by Crippen LogP contribution is 2.16. The van der Waals surface area contributed by atoms with Gasteiger partial charge in [0.2, 0.25) is 15.0 Å². The number of amides is 1. The van der Waals surface area contributed by atoms with Crippen LogP contribution in [-0.4, -0.2) is 36.5 Å². The van der Waals surface area contributed by atoms with E-state index in [2.05, 4.69) is 24.1 Å². The highest BCUT2D eigenvalue weighted by Gasteiger charge is 2.22. The molecule has 2 heterocycles. The molecule has 2 aromatic heterocycles. The van der Waals surface area contributed by atoms with Crippen molar-refractivity contribution in [3.05, 3.63) is 30.1 Å². The van der Waals surface area contributed by atoms with Gasteiger partial charge in [0.15, 0.2) is 5.69 Å². The lowest BCUT2D eigenvalue weighted by atomic mass is 10.1. The number of fused-ring (bicyclic) bond motifs is 1. The molecule has 0 aliphatic rings. The van der Waals surface area contributed by atoms with Crippen LogP contribution in [0.3, 0.4) is 0 Å². The van der Waals surface area contributed by atoms with Gasteiger partial charge >= 0.3 is 0 Å². The minimum atomic E-state index is -3.51. The predicted octanol–water partition coefficient (Wildman–Crippen LogP) is 1.90. The van der Waals surface area contributed by atoms with Crippen molar-refractivity contribution in [2.24, 2.45) is 5.92 Å². The Morgan fingerprint density at radius 1 is 1.36 bits per heavy atom. The largest absolute Gasteiger partial charge is 0.351 e. The Labute approximate surface area is 130 Å². The molecular weight excluding hydrogens is 302 g/mol. The van der Waals surface area contributed by atoms with Gasteiger partial charge < -0.3 is 5.32 Å². The van der Waals surface area contributed by atoms with Crippen LogP contribution in [0.2, 0.25) is 0 Å². The first kappa shape index (κ1) is 16.5. The molecule has 0 atom stereocenters. The molecule has 0 saturated carbocycles. The zero-order valence-electron chi connectivity index (χ0n) is 13.0. The van der Waals surface area contributed by atoms with E-state index in [-0.39, 0.29) is 16.8 Å². The summed E-state index contributed by atoms with van der Waals surface area (Å²) in [5, 5.41) is 2.69. The molecule has 0 radical (unpaired) electrons. The minimum absolute atomic E-state index is 0.115. The number of nitrogens with zero attached hydrogens (tertiary/aromatic N) is 2. The summed E-state index contributed by atoms with van der Waals surface area (Å²) >= 11 is 0. The number of pyridine rings is 1. The number of carbonyl (C=O) groups is 1. The van der Waals surface area contributed by atoms with Crippen molar-refractivity contribution in [3.63, 3.8) is 0 Å². The number of imidazole rings is 1. The normalized spacial score (nSPS) is 12.0. The van der Waals surface area contributed by atoms with Crippen molar-refractivity contribution in [2.75, 3.05) is 12.8 Å². The van der Waals surface area contributed by atoms with Crippen LogP contribution < -0.4 is 5.32 Å². The first-order valence-corrected chi connectivity index (χ1v) is 9.15. The zero-order valence-corrected chi connectivity index (χ0v) is 13.9. The molecule has 0 aromatic carbocycles. The molecule has 1 amide bonds. The van der Waals surface area contributed by atoms with Gasteiger partial charge in [-0.05, 0) is 30.9 Å². The molecule has 0 bridgehead atoms. The third-order valence-corrected chi connectivity index (χ3v) is 4.26. The van der Waals surface area contributed by atoms with Gasteiger partial charge in [0.25, 0.3) is 5.91 Å². The van der Waals surface area contributed by atoms with Gasteiger partial charge in [-0.2, -0.15) is 0 Å². The Morgan fingerprint density at radius 2 is 2.09 bits per heavy atom. The quantitative estimate of drug-likeness (QED) is 0.823. The first-order valence-electron chi connectivity index (χ1n) is 7.26. The van der Waals surface area contributed by atoms with Crippen molar-refractivity contribution in [1.82, 2.24) is 14.7 Å². The van der Waals surface area contributed by atoms with Crippen molar-refractivity contribution in [3.8, 4) is 0 Å². The van der Waals surface area contributed by atoms with Crippen molar-refractivity contribution in [2.45, 2.75) is 31.8 Å². The molecule has 0 spiro atoms. The molecule has 1 N–H and O–H groups in total. The third kappa shape index (κ3) is 3.65. The zero-order chi connectivity index (χ0) is 16.3. The van der Waals surface area contributed by atoms with E-state index < -0.39 is 9.84 Å². The van der Waals surface area contributed by atoms with Crippen molar-refractivity contribution < 1.29 is 13.2 Å². The SMILES string of the molecule is CC(C)CCCNC(=O)c1nc(S(C)(=O)=O)n2ccccc12. The van der Waals surface area contributed by atoms with Crippen LogP contribution in [0.4, 0.5) is 0 Å². The second-order valence-electron chi connectivity index (χ2n) is 5.76. The van der Waals surface area contributed by atoms with Gasteiger partial charge in [-0.3, -0.25) is 9.20 Å². The maximum absolute atomic E-state index is 12.3. The number of hydrogen-bond acceptors (Lipinski definition) is 4. The smallest absolute Gasteiger partial charge is 0.272 e. The number of sulfone groups is 1. The van der Waals surface area contributed by atoms with Crippen LogP contribution in [0.1, 0.15) is 37.2 Å². The average Bonchev–Trinajstić information content (AvgIpc) is 2.83. The van der Waals surface area contributed by atoms with Gasteiger partial charge in [-0.1, -0.05) is 19.9 Å². The molecule has 6 nitrogen and oxygen atoms in total. The lowest BCUT2D eigenvalue weighted by molar-refractivity contribution is 0.0949. The fourth-order valence-corrected chi connectivity index (χ4v) is 3.01. The fraction of sp³-hybridized carbons (Fsp3) is 0.467. The number of rotatable bonds is 6. The number of aromatic nitrogens is 2. The van der Waals surface area contributed by atoms with E-state index in [9.17, 15) is 13.2 Å². The summed E-state index contributed by atoms with van der Waals surface area (Å²) in [5.41, 5.74) is 0.634. The van der Waals surface area contributed by atoms with E-state index in [1.807, 2.05) is 0 Å². The topological polar surface area (TPSA) is 80.5 Å². The Bertz CT molecular complexity index is 778. The maximum Gasteiger partial charge on any atom is 0.272 e. The monoisotopic (exact) mass is 323 g/mol. The minimum Gasteiger partial charge on any atom is -0.351 e. The highest BCUT2D eigenvalue weighted by atomic mass is 32.2. The van der Waals surface area contributed by atoms with Crippen LogP contribution in [-0.2, 0) is 9.84 Å². The van der Waals surface area contributed by atoms with Crippen LogP contribution in [0.25, 0.3) is 5.52 Å². The predicted molar refractivity (Wildman–Crippen MR) is 84.7 cm³/mol. The maximum atomic E-state index is 12.3. The van der Waals surface area contributed by atoms with Crippen LogP contribution in [0, 0.1) is 5.92 Å². The number of carbonyl (C=O) groups excluding carboxylic acids is 1. The highest BCUT2D eigenvalue weighted by molar-refractivity contribution is 7.90. The molecule has 0 aliphatic carbocycles. The van der Waals surface area contributed by atoms with Gasteiger partial charge in [0.05, 0.1) is 5.52 Å².